The minimum absolute atomic E-state index is 0.0231. The number of aliphatic hydroxyl groups is 2. The zero-order chi connectivity index (χ0) is 70.8. The Balaban J connectivity index is 0.734. The summed E-state index contributed by atoms with van der Waals surface area (Å²) >= 11 is 20.7. The number of anilines is 3. The lowest BCUT2D eigenvalue weighted by Crippen LogP contribution is -2.33. The van der Waals surface area contributed by atoms with Crippen LogP contribution in [0.5, 0.6) is 0 Å². The standard InChI is InChI=1S/C49H63N17O25P4S4/c1-20-10-63(48(73)60-43(20)69)33-5-22(68)28(84-33)13-79-92(75,96)90-25-8-35(64-11-21(2)44(70)61-49(64)74)86-30(25)15-81-95(78,99)91-26-9-36(65-18-55-38-40(51)53-17-54-41(38)65)87-31(26)16-82-94(77,98)89-24-7-34(62-4-3-32(50)57-47(62)72)85-29(24)14-80-93(76,97)88-23-6-37(83-27(23)12-67)66-19-56-39-42(66)58-46(52)59-45(39)71/h3-4,10-11,17-19,22-31,33-37,67-68H,5-9,12-16H2,1-2H3,(H,75,96)(H,76,97)(H,77,98)(H,78,99)(H2,50,57,72)(H2,51,53,54)(H,60,69,73)(H,61,70,74)(H3,52,58,59,71)/t22-,23-,24?,25-,26-,27+,28+,29+,30+,31+,33+,34+,35+,36+,37+,92?,93?,94?,95?/m0/s1. The van der Waals surface area contributed by atoms with Gasteiger partial charge in [-0.1, -0.05) is 12.2 Å². The number of aryl methyl sites for hydroxylation is 2. The summed E-state index contributed by atoms with van der Waals surface area (Å²) < 4.78 is 98.5. The molecular weight excluding hydrogens is 1480 g/mol. The Hall–Kier alpha value is -5.65. The maximum Gasteiger partial charge on any atom is 0.386 e. The highest BCUT2D eigenvalue weighted by molar-refractivity contribution is 8.44. The second-order valence-electron chi connectivity index (χ2n) is 23.1. The van der Waals surface area contributed by atoms with Crippen molar-refractivity contribution in [1.82, 2.24) is 67.7 Å². The first kappa shape index (κ1) is 73.1. The first-order valence-electron chi connectivity index (χ1n) is 29.6. The van der Waals surface area contributed by atoms with Gasteiger partial charge in [0, 0.05) is 61.8 Å². The van der Waals surface area contributed by atoms with Gasteiger partial charge in [0.05, 0.1) is 70.1 Å². The van der Waals surface area contributed by atoms with E-state index in [2.05, 4.69) is 57.1 Å². The zero-order valence-corrected chi connectivity index (χ0v) is 58.2. The quantitative estimate of drug-likeness (QED) is 0.0223. The molecule has 7 aromatic rings. The molecule has 0 bridgehead atoms. The van der Waals surface area contributed by atoms with Gasteiger partial charge in [0.15, 0.2) is 22.6 Å². The minimum atomic E-state index is -4.68. The number of imidazole rings is 2. The van der Waals surface area contributed by atoms with E-state index < -0.39 is 186 Å². The molecule has 0 aliphatic carbocycles. The molecule has 5 unspecified atom stereocenters. The van der Waals surface area contributed by atoms with Crippen molar-refractivity contribution < 1.29 is 89.3 Å². The van der Waals surface area contributed by atoms with Crippen molar-refractivity contribution in [3.8, 4) is 0 Å². The predicted octanol–water partition coefficient (Wildman–Crippen LogP) is -1.23. The highest BCUT2D eigenvalue weighted by Gasteiger charge is 2.49. The summed E-state index contributed by atoms with van der Waals surface area (Å²) in [4.78, 5) is 142. The molecule has 0 amide bonds. The Bertz CT molecular complexity index is 4790. The first-order chi connectivity index (χ1) is 46.8. The third kappa shape index (κ3) is 16.6. The summed E-state index contributed by atoms with van der Waals surface area (Å²) in [6.07, 6.45) is -11.6. The Kier molecular flexibility index (Phi) is 21.6. The number of aliphatic hydroxyl groups excluding tert-OH is 2. The Morgan fingerprint density at radius 1 is 0.566 bits per heavy atom. The molecule has 50 heteroatoms. The van der Waals surface area contributed by atoms with Gasteiger partial charge >= 0.3 is 44.0 Å². The molecule has 12 heterocycles. The molecule has 0 spiro atoms. The molecule has 42 nitrogen and oxygen atoms in total. The number of rotatable bonds is 26. The average Bonchev–Trinajstić information content (AvgIpc) is 1.66. The predicted molar refractivity (Wildman–Crippen MR) is 352 cm³/mol. The lowest BCUT2D eigenvalue weighted by atomic mass is 10.2. The van der Waals surface area contributed by atoms with Gasteiger partial charge in [0.25, 0.3) is 16.7 Å². The van der Waals surface area contributed by atoms with Crippen LogP contribution in [0, 0.1) is 13.8 Å². The van der Waals surface area contributed by atoms with E-state index in [4.69, 9.17) is 112 Å². The molecule has 5 aliphatic heterocycles. The normalized spacial score (nSPS) is 29.7. The van der Waals surface area contributed by atoms with E-state index in [1.165, 1.54) is 66.6 Å². The summed E-state index contributed by atoms with van der Waals surface area (Å²) in [6.45, 7) is -18.3. The lowest BCUT2D eigenvalue weighted by molar-refractivity contribution is -0.0560. The maximum atomic E-state index is 14.6. The number of fused-ring (bicyclic) bond motifs is 2. The molecule has 12 rings (SSSR count). The number of nitrogens with zero attached hydrogens (tertiary/aromatic N) is 11. The van der Waals surface area contributed by atoms with E-state index in [0.717, 1.165) is 13.7 Å². The second-order valence-corrected chi connectivity index (χ2v) is 34.3. The molecule has 14 N–H and O–H groups in total. The zero-order valence-electron chi connectivity index (χ0n) is 51.3. The highest BCUT2D eigenvalue weighted by Crippen LogP contribution is 2.58. The number of aromatic nitrogens is 14. The lowest BCUT2D eigenvalue weighted by Gasteiger charge is -2.28. The number of aromatic amines is 3. The van der Waals surface area contributed by atoms with Crippen LogP contribution in [0.2, 0.25) is 0 Å². The average molecular weight is 1540 g/mol. The number of nitrogens with two attached hydrogens (primary N) is 3. The van der Waals surface area contributed by atoms with Crippen molar-refractivity contribution in [3.05, 3.63) is 117 Å². The van der Waals surface area contributed by atoms with Crippen LogP contribution in [-0.2, 0) is 99.9 Å². The largest absolute Gasteiger partial charge is 0.394 e. The molecule has 0 saturated carbocycles. The third-order valence-corrected chi connectivity index (χ3v) is 22.7. The number of thiol groups is 1. The molecule has 0 radical (unpaired) electrons. The van der Waals surface area contributed by atoms with Crippen molar-refractivity contribution in [2.45, 2.75) is 138 Å². The van der Waals surface area contributed by atoms with Crippen LogP contribution in [0.25, 0.3) is 22.3 Å². The molecule has 99 heavy (non-hydrogen) atoms. The fourth-order valence-corrected chi connectivity index (χ4v) is 17.5. The molecular formula is C49H63N17O25P4S4. The van der Waals surface area contributed by atoms with Gasteiger partial charge in [-0.05, 0) is 55.3 Å². The fraction of sp³-hybridized carbons (Fsp3) is 0.551. The number of H-pyrrole nitrogens is 3. The van der Waals surface area contributed by atoms with Gasteiger partial charge in [0.2, 0.25) is 5.95 Å². The third-order valence-electron chi connectivity index (χ3n) is 16.3. The Morgan fingerprint density at radius 2 is 1.01 bits per heavy atom. The van der Waals surface area contributed by atoms with Gasteiger partial charge in [-0.3, -0.25) is 61.2 Å². The van der Waals surface area contributed by atoms with Gasteiger partial charge in [-0.2, -0.15) is 9.97 Å². The van der Waals surface area contributed by atoms with Gasteiger partial charge in [0.1, 0.15) is 85.4 Å². The molecule has 7 aromatic heterocycles. The molecule has 19 atom stereocenters. The van der Waals surface area contributed by atoms with E-state index in [0.29, 0.717) is 0 Å². The molecule has 5 saturated heterocycles. The highest BCUT2D eigenvalue weighted by atomic mass is 32.7. The molecule has 5 fully saturated rings. The monoisotopic (exact) mass is 1540 g/mol. The first-order valence-corrected chi connectivity index (χ1v) is 40.1. The van der Waals surface area contributed by atoms with Gasteiger partial charge < -0.3 is 92.9 Å². The molecule has 5 aliphatic rings. The number of nitrogens with one attached hydrogen (secondary N) is 3. The fourth-order valence-electron chi connectivity index (χ4n) is 11.5. The van der Waals surface area contributed by atoms with Crippen LogP contribution in [0.1, 0.15) is 74.4 Å². The minimum Gasteiger partial charge on any atom is -0.394 e. The van der Waals surface area contributed by atoms with Crippen molar-refractivity contribution in [2.24, 2.45) is 0 Å². The Labute approximate surface area is 574 Å². The van der Waals surface area contributed by atoms with Gasteiger partial charge in [-0.15, -0.1) is 0 Å². The summed E-state index contributed by atoms with van der Waals surface area (Å²) in [5, 5.41) is 21.2. The maximum absolute atomic E-state index is 14.6. The molecule has 538 valence electrons. The topological polar surface area (TPSA) is 568 Å². The number of hydrogen-bond acceptors (Lipinski definition) is 34. The summed E-state index contributed by atoms with van der Waals surface area (Å²) in [5.41, 5.74) is 13.9. The smallest absolute Gasteiger partial charge is 0.386 e. The van der Waals surface area contributed by atoms with Crippen LogP contribution in [0.4, 0.5) is 17.6 Å². The van der Waals surface area contributed by atoms with Crippen molar-refractivity contribution in [3.63, 3.8) is 0 Å². The van der Waals surface area contributed by atoms with Crippen LogP contribution in [0.15, 0.2) is 72.4 Å². The van der Waals surface area contributed by atoms with Crippen LogP contribution < -0.4 is 50.9 Å². The van der Waals surface area contributed by atoms with Crippen LogP contribution >= 0.6 is 39.2 Å². The Morgan fingerprint density at radius 3 is 1.55 bits per heavy atom. The van der Waals surface area contributed by atoms with E-state index in [-0.39, 0.29) is 83.1 Å². The van der Waals surface area contributed by atoms with Crippen molar-refractivity contribution >= 4 is 115 Å². The SMILES string of the molecule is Cc1cn([C@H]2C[C@H](OP(O)(=S)OC[C@H]3O[C@@H](n4cc(C)c(=O)[nH]c4=O)C[C@@H]3O)[C@@H](COP(=O)(S)O[C@H]3C[C@H](n4cnc5c(N)ncnc54)O[C@@H]3COP(O)(=S)OC3C[C@H](n4ccc(N)nc4=O)O[C@@H]3COP(O)(=S)O[C@H]3C[C@H](n4cnc5c(=O)[nH]c(N)nc54)O[C@@H]3CO)O2)c(=O)[nH]c1=O. The summed E-state index contributed by atoms with van der Waals surface area (Å²) in [5.74, 6) is -0.284. The second kappa shape index (κ2) is 29.2. The van der Waals surface area contributed by atoms with E-state index >= 15 is 0 Å². The van der Waals surface area contributed by atoms with E-state index in [9.17, 15) is 58.2 Å². The van der Waals surface area contributed by atoms with E-state index in [1.54, 1.807) is 0 Å². The van der Waals surface area contributed by atoms with Crippen LogP contribution in [-0.4, -0.2) is 187 Å². The van der Waals surface area contributed by atoms with Crippen LogP contribution in [0.3, 0.4) is 0 Å². The number of ether oxygens (including phenoxy) is 5. The van der Waals surface area contributed by atoms with E-state index in [1.807, 2.05) is 0 Å². The van der Waals surface area contributed by atoms with Crippen molar-refractivity contribution in [2.75, 3.05) is 50.2 Å². The van der Waals surface area contributed by atoms with Crippen molar-refractivity contribution in [1.29, 1.82) is 0 Å². The summed E-state index contributed by atoms with van der Waals surface area (Å²) in [6, 6.07) is 1.32. The summed E-state index contributed by atoms with van der Waals surface area (Å²) in [7, 11) is 0. The molecule has 0 aromatic carbocycles. The number of nitrogen functional groups attached to an aromatic ring is 3. The number of hydrogen-bond donors (Lipinski definition) is 12. The van der Waals surface area contributed by atoms with Gasteiger partial charge in [-0.25, -0.2) is 38.9 Å².